The molecule has 2 aromatic carbocycles. The molecule has 4 amide bonds. The van der Waals surface area contributed by atoms with Crippen LogP contribution in [0.5, 0.6) is 5.75 Å². The number of nitrogens with one attached hydrogen (secondary N) is 3. The third-order valence-electron chi connectivity index (χ3n) is 4.71. The molecule has 0 radical (unpaired) electrons. The molecule has 0 spiro atoms. The molecule has 4 rings (SSSR count). The molecular formula is C22H20N4O4. The molecule has 1 atom stereocenters. The van der Waals surface area contributed by atoms with Crippen molar-refractivity contribution in [2.24, 2.45) is 0 Å². The third-order valence-corrected chi connectivity index (χ3v) is 4.71. The molecule has 152 valence electrons. The fraction of sp³-hybridized carbons (Fsp3) is 0.182. The van der Waals surface area contributed by atoms with Gasteiger partial charge in [-0.2, -0.15) is 0 Å². The molecule has 1 saturated heterocycles. The minimum absolute atomic E-state index is 0.135. The van der Waals surface area contributed by atoms with Crippen molar-refractivity contribution < 1.29 is 19.1 Å². The lowest BCUT2D eigenvalue weighted by Crippen LogP contribution is -2.33. The summed E-state index contributed by atoms with van der Waals surface area (Å²) < 4.78 is 5.91. The molecule has 0 aliphatic carbocycles. The van der Waals surface area contributed by atoms with Crippen LogP contribution in [0.3, 0.4) is 0 Å². The van der Waals surface area contributed by atoms with E-state index in [1.54, 1.807) is 24.3 Å². The number of imide groups is 1. The number of hydrogen-bond acceptors (Lipinski definition) is 5. The number of nitrogens with zero attached hydrogens (tertiary/aromatic N) is 1. The molecule has 3 N–H and O–H groups in total. The summed E-state index contributed by atoms with van der Waals surface area (Å²) in [5.41, 5.74) is 3.48. The van der Waals surface area contributed by atoms with Crippen molar-refractivity contribution in [2.75, 3.05) is 5.32 Å². The van der Waals surface area contributed by atoms with Crippen molar-refractivity contribution in [2.45, 2.75) is 26.0 Å². The lowest BCUT2D eigenvalue weighted by molar-refractivity contribution is -0.124. The standard InChI is InChI=1S/C22H20N4O4/c1-13-10-14(17-4-2-3-5-18(17)23-13)12-30-16-8-6-15(7-9-16)24-20(27)11-19-21(28)26-22(29)25-19/h2-10,19H,11-12H2,1H3,(H,24,27)(H2,25,26,28,29)/t19-/m1/s1. The summed E-state index contributed by atoms with van der Waals surface area (Å²) in [6, 6.07) is 15.5. The van der Waals surface area contributed by atoms with E-state index in [0.717, 1.165) is 22.2 Å². The van der Waals surface area contributed by atoms with Gasteiger partial charge in [0.05, 0.1) is 11.9 Å². The number of fused-ring (bicyclic) bond motifs is 1. The first-order chi connectivity index (χ1) is 14.5. The van der Waals surface area contributed by atoms with Crippen LogP contribution in [0.2, 0.25) is 0 Å². The first-order valence-corrected chi connectivity index (χ1v) is 9.47. The molecule has 0 saturated carbocycles. The van der Waals surface area contributed by atoms with E-state index in [-0.39, 0.29) is 12.3 Å². The number of rotatable bonds is 6. The van der Waals surface area contributed by atoms with Crippen molar-refractivity contribution in [1.82, 2.24) is 15.6 Å². The van der Waals surface area contributed by atoms with Crippen LogP contribution in [0.25, 0.3) is 10.9 Å². The highest BCUT2D eigenvalue weighted by molar-refractivity contribution is 6.06. The van der Waals surface area contributed by atoms with E-state index in [0.29, 0.717) is 18.0 Å². The number of ether oxygens (including phenoxy) is 1. The van der Waals surface area contributed by atoms with Gasteiger partial charge in [0, 0.05) is 22.3 Å². The number of hydrogen-bond donors (Lipinski definition) is 3. The highest BCUT2D eigenvalue weighted by Gasteiger charge is 2.31. The van der Waals surface area contributed by atoms with Crippen LogP contribution in [0.1, 0.15) is 17.7 Å². The van der Waals surface area contributed by atoms with Gasteiger partial charge in [-0.05, 0) is 43.3 Å². The number of anilines is 1. The number of amides is 4. The Kier molecular flexibility index (Phi) is 5.30. The van der Waals surface area contributed by atoms with Crippen LogP contribution in [0.15, 0.2) is 54.6 Å². The Labute approximate surface area is 172 Å². The third kappa shape index (κ3) is 4.38. The Morgan fingerprint density at radius 2 is 1.90 bits per heavy atom. The SMILES string of the molecule is Cc1cc(COc2ccc(NC(=O)C[C@H]3NC(=O)NC3=O)cc2)c2ccccc2n1. The first kappa shape index (κ1) is 19.4. The van der Waals surface area contributed by atoms with E-state index in [1.165, 1.54) is 0 Å². The maximum Gasteiger partial charge on any atom is 0.322 e. The lowest BCUT2D eigenvalue weighted by atomic mass is 10.1. The first-order valence-electron chi connectivity index (χ1n) is 9.47. The van der Waals surface area contributed by atoms with Crippen molar-refractivity contribution >= 4 is 34.4 Å². The van der Waals surface area contributed by atoms with Crippen molar-refractivity contribution in [1.29, 1.82) is 0 Å². The second kappa shape index (κ2) is 8.20. The minimum atomic E-state index is -0.848. The van der Waals surface area contributed by atoms with Gasteiger partial charge in [0.25, 0.3) is 5.91 Å². The Morgan fingerprint density at radius 3 is 2.63 bits per heavy atom. The molecule has 1 fully saturated rings. The Balaban J connectivity index is 1.36. The van der Waals surface area contributed by atoms with Crippen LogP contribution in [0.4, 0.5) is 10.5 Å². The van der Waals surface area contributed by atoms with E-state index < -0.39 is 18.0 Å². The number of pyridine rings is 1. The summed E-state index contributed by atoms with van der Waals surface area (Å²) in [6.07, 6.45) is -0.135. The number of carbonyl (C=O) groups is 3. The predicted octanol–water partition coefficient (Wildman–Crippen LogP) is 2.66. The summed E-state index contributed by atoms with van der Waals surface area (Å²) in [5, 5.41) is 8.24. The quantitative estimate of drug-likeness (QED) is 0.547. The number of aryl methyl sites for hydroxylation is 1. The van der Waals surface area contributed by atoms with Crippen LogP contribution >= 0.6 is 0 Å². The van der Waals surface area contributed by atoms with Crippen molar-refractivity contribution in [3.05, 3.63) is 65.9 Å². The second-order valence-electron chi connectivity index (χ2n) is 7.02. The van der Waals surface area contributed by atoms with Crippen LogP contribution < -0.4 is 20.7 Å². The number of benzene rings is 2. The zero-order valence-electron chi connectivity index (χ0n) is 16.3. The summed E-state index contributed by atoms with van der Waals surface area (Å²) >= 11 is 0. The topological polar surface area (TPSA) is 109 Å². The van der Waals surface area contributed by atoms with E-state index in [9.17, 15) is 14.4 Å². The maximum atomic E-state index is 12.1. The van der Waals surface area contributed by atoms with Crippen LogP contribution in [-0.2, 0) is 16.2 Å². The highest BCUT2D eigenvalue weighted by Crippen LogP contribution is 2.22. The average Bonchev–Trinajstić information content (AvgIpc) is 3.03. The molecular weight excluding hydrogens is 384 g/mol. The molecule has 0 bridgehead atoms. The smallest absolute Gasteiger partial charge is 0.322 e. The van der Waals surface area contributed by atoms with E-state index >= 15 is 0 Å². The van der Waals surface area contributed by atoms with Crippen molar-refractivity contribution in [3.8, 4) is 5.75 Å². The summed E-state index contributed by atoms with van der Waals surface area (Å²) in [6.45, 7) is 2.35. The van der Waals surface area contributed by atoms with E-state index in [4.69, 9.17) is 4.74 Å². The Bertz CT molecular complexity index is 1130. The summed E-state index contributed by atoms with van der Waals surface area (Å²) in [7, 11) is 0. The largest absolute Gasteiger partial charge is 0.489 e. The Morgan fingerprint density at radius 1 is 1.13 bits per heavy atom. The summed E-state index contributed by atoms with van der Waals surface area (Å²) in [4.78, 5) is 39.2. The van der Waals surface area contributed by atoms with Gasteiger partial charge in [0.2, 0.25) is 5.91 Å². The number of urea groups is 1. The zero-order chi connectivity index (χ0) is 21.1. The van der Waals surface area contributed by atoms with Crippen LogP contribution in [0, 0.1) is 6.92 Å². The molecule has 30 heavy (non-hydrogen) atoms. The normalized spacial score (nSPS) is 15.6. The monoisotopic (exact) mass is 404 g/mol. The molecule has 2 heterocycles. The summed E-state index contributed by atoms with van der Waals surface area (Å²) in [5.74, 6) is -0.212. The van der Waals surface area contributed by atoms with Gasteiger partial charge >= 0.3 is 6.03 Å². The molecule has 1 aliphatic heterocycles. The predicted molar refractivity (Wildman–Crippen MR) is 111 cm³/mol. The van der Waals surface area contributed by atoms with Gasteiger partial charge in [-0.15, -0.1) is 0 Å². The van der Waals surface area contributed by atoms with Gasteiger partial charge in [-0.1, -0.05) is 18.2 Å². The molecule has 1 aromatic heterocycles. The molecule has 3 aromatic rings. The number of para-hydroxylation sites is 1. The molecule has 8 heteroatoms. The molecule has 1 aliphatic rings. The minimum Gasteiger partial charge on any atom is -0.489 e. The Hall–Kier alpha value is -3.94. The fourth-order valence-electron chi connectivity index (χ4n) is 3.31. The molecule has 0 unspecified atom stereocenters. The van der Waals surface area contributed by atoms with Crippen LogP contribution in [-0.4, -0.2) is 28.9 Å². The van der Waals surface area contributed by atoms with E-state index in [2.05, 4.69) is 20.9 Å². The van der Waals surface area contributed by atoms with Gasteiger partial charge < -0.3 is 15.4 Å². The van der Waals surface area contributed by atoms with Crippen molar-refractivity contribution in [3.63, 3.8) is 0 Å². The van der Waals surface area contributed by atoms with Gasteiger partial charge in [-0.3, -0.25) is 19.9 Å². The zero-order valence-corrected chi connectivity index (χ0v) is 16.3. The number of aromatic nitrogens is 1. The van der Waals surface area contributed by atoms with Gasteiger partial charge in [0.1, 0.15) is 18.4 Å². The number of carbonyl (C=O) groups excluding carboxylic acids is 3. The highest BCUT2D eigenvalue weighted by atomic mass is 16.5. The van der Waals surface area contributed by atoms with Gasteiger partial charge in [0.15, 0.2) is 0 Å². The maximum absolute atomic E-state index is 12.1. The second-order valence-corrected chi connectivity index (χ2v) is 7.02. The average molecular weight is 404 g/mol. The van der Waals surface area contributed by atoms with Gasteiger partial charge in [-0.25, -0.2) is 4.79 Å². The van der Waals surface area contributed by atoms with E-state index in [1.807, 2.05) is 37.3 Å². The molecule has 8 nitrogen and oxygen atoms in total. The lowest BCUT2D eigenvalue weighted by Gasteiger charge is -2.11. The fourth-order valence-corrected chi connectivity index (χ4v) is 3.31.